The maximum atomic E-state index is 10.9. The van der Waals surface area contributed by atoms with E-state index < -0.39 is 11.9 Å². The largest absolute Gasteiger partial charge is 0.460 e. The van der Waals surface area contributed by atoms with E-state index in [1.165, 1.54) is 6.92 Å². The lowest BCUT2D eigenvalue weighted by molar-refractivity contribution is -0.149. The van der Waals surface area contributed by atoms with Gasteiger partial charge in [-0.15, -0.1) is 0 Å². The summed E-state index contributed by atoms with van der Waals surface area (Å²) in [5.74, 6) is -1.64. The van der Waals surface area contributed by atoms with Crippen molar-refractivity contribution in [1.29, 1.82) is 0 Å². The number of carbonyl (C=O) groups excluding carboxylic acids is 2. The van der Waals surface area contributed by atoms with Crippen LogP contribution in [0.25, 0.3) is 0 Å². The number of ether oxygens (including phenoxy) is 2. The van der Waals surface area contributed by atoms with Gasteiger partial charge in [-0.3, -0.25) is 4.79 Å². The Morgan fingerprint density at radius 2 is 2.08 bits per heavy atom. The molecule has 66 valence electrons. The molecule has 0 radical (unpaired) electrons. The average molecular weight is 170 g/mol. The zero-order valence-corrected chi connectivity index (χ0v) is 7.05. The SMILES string of the molecule is C=C=C(OC(C)=O)C(=O)OCC. The zero-order valence-electron chi connectivity index (χ0n) is 7.05. The molecular weight excluding hydrogens is 160 g/mol. The summed E-state index contributed by atoms with van der Waals surface area (Å²) >= 11 is 0. The van der Waals surface area contributed by atoms with E-state index in [1.807, 2.05) is 0 Å². The first-order chi connectivity index (χ1) is 5.61. The van der Waals surface area contributed by atoms with Crippen molar-refractivity contribution < 1.29 is 19.1 Å². The van der Waals surface area contributed by atoms with Crippen molar-refractivity contribution in [3.63, 3.8) is 0 Å². The summed E-state index contributed by atoms with van der Waals surface area (Å²) in [6.07, 6.45) is 0. The van der Waals surface area contributed by atoms with Gasteiger partial charge < -0.3 is 9.47 Å². The predicted molar refractivity (Wildman–Crippen MR) is 41.1 cm³/mol. The first-order valence-corrected chi connectivity index (χ1v) is 3.37. The van der Waals surface area contributed by atoms with Gasteiger partial charge in [0.2, 0.25) is 0 Å². The normalized spacial score (nSPS) is 8.17. The van der Waals surface area contributed by atoms with E-state index >= 15 is 0 Å². The van der Waals surface area contributed by atoms with Gasteiger partial charge in [-0.25, -0.2) is 4.79 Å². The Kier molecular flexibility index (Phi) is 4.49. The molecule has 0 heterocycles. The van der Waals surface area contributed by atoms with Gasteiger partial charge in [0.1, 0.15) is 0 Å². The first kappa shape index (κ1) is 10.5. The molecule has 4 nitrogen and oxygen atoms in total. The summed E-state index contributed by atoms with van der Waals surface area (Å²) in [7, 11) is 0. The molecule has 0 aliphatic heterocycles. The van der Waals surface area contributed by atoms with Crippen molar-refractivity contribution in [3.05, 3.63) is 18.1 Å². The second-order valence-electron chi connectivity index (χ2n) is 1.82. The Bertz CT molecular complexity index is 235. The molecule has 0 aromatic carbocycles. The molecule has 0 amide bonds. The lowest BCUT2D eigenvalue weighted by atomic mass is 10.5. The van der Waals surface area contributed by atoms with Crippen LogP contribution in [0.1, 0.15) is 13.8 Å². The van der Waals surface area contributed by atoms with Crippen molar-refractivity contribution in [3.8, 4) is 0 Å². The Morgan fingerprint density at radius 3 is 2.42 bits per heavy atom. The molecule has 0 rings (SSSR count). The van der Waals surface area contributed by atoms with E-state index in [4.69, 9.17) is 0 Å². The summed E-state index contributed by atoms with van der Waals surface area (Å²) in [6.45, 7) is 6.21. The minimum atomic E-state index is -0.734. The van der Waals surface area contributed by atoms with Gasteiger partial charge in [0.15, 0.2) is 0 Å². The van der Waals surface area contributed by atoms with Crippen molar-refractivity contribution in [2.45, 2.75) is 13.8 Å². The predicted octanol–water partition coefficient (Wildman–Crippen LogP) is 0.781. The molecule has 0 bridgehead atoms. The van der Waals surface area contributed by atoms with Crippen LogP contribution in [0.2, 0.25) is 0 Å². The topological polar surface area (TPSA) is 52.6 Å². The van der Waals surface area contributed by atoms with Crippen LogP contribution in [-0.2, 0) is 19.1 Å². The minimum Gasteiger partial charge on any atom is -0.460 e. The van der Waals surface area contributed by atoms with Crippen molar-refractivity contribution >= 4 is 11.9 Å². The molecule has 0 saturated heterocycles. The molecule has 0 aromatic heterocycles. The standard InChI is InChI=1S/C8H10O4/c1-4-7(12-6(3)9)8(10)11-5-2/h1,5H2,2-3H3. The quantitative estimate of drug-likeness (QED) is 0.272. The highest BCUT2D eigenvalue weighted by Gasteiger charge is 2.12. The van der Waals surface area contributed by atoms with Crippen LogP contribution < -0.4 is 0 Å². The van der Waals surface area contributed by atoms with Crippen LogP contribution in [0.4, 0.5) is 0 Å². The van der Waals surface area contributed by atoms with Crippen molar-refractivity contribution in [2.75, 3.05) is 6.61 Å². The number of carbonyl (C=O) groups is 2. The van der Waals surface area contributed by atoms with Gasteiger partial charge in [0.25, 0.3) is 5.76 Å². The van der Waals surface area contributed by atoms with Crippen molar-refractivity contribution in [2.24, 2.45) is 0 Å². The average Bonchev–Trinajstić information content (AvgIpc) is 2.00. The summed E-state index contributed by atoms with van der Waals surface area (Å²) in [5, 5.41) is 0. The fourth-order valence-electron chi connectivity index (χ4n) is 0.490. The summed E-state index contributed by atoms with van der Waals surface area (Å²) in [4.78, 5) is 21.3. The summed E-state index contributed by atoms with van der Waals surface area (Å²) < 4.78 is 8.98. The van der Waals surface area contributed by atoms with Crippen LogP contribution in [0, 0.1) is 0 Å². The lowest BCUT2D eigenvalue weighted by Crippen LogP contribution is -2.12. The molecule has 0 fully saturated rings. The molecular formula is C8H10O4. The third-order valence-corrected chi connectivity index (χ3v) is 0.867. The van der Waals surface area contributed by atoms with Gasteiger partial charge >= 0.3 is 11.9 Å². The van der Waals surface area contributed by atoms with E-state index in [0.717, 1.165) is 0 Å². The van der Waals surface area contributed by atoms with E-state index in [9.17, 15) is 9.59 Å². The summed E-state index contributed by atoms with van der Waals surface area (Å²) in [5.41, 5.74) is 2.17. The summed E-state index contributed by atoms with van der Waals surface area (Å²) in [6, 6.07) is 0. The fourth-order valence-corrected chi connectivity index (χ4v) is 0.490. The maximum absolute atomic E-state index is 10.9. The number of hydrogen-bond acceptors (Lipinski definition) is 4. The second-order valence-corrected chi connectivity index (χ2v) is 1.82. The molecule has 0 aliphatic carbocycles. The van der Waals surface area contributed by atoms with Crippen LogP contribution in [-0.4, -0.2) is 18.5 Å². The van der Waals surface area contributed by atoms with Crippen molar-refractivity contribution in [1.82, 2.24) is 0 Å². The van der Waals surface area contributed by atoms with E-state index in [1.54, 1.807) is 6.92 Å². The first-order valence-electron chi connectivity index (χ1n) is 3.37. The number of rotatable bonds is 3. The fraction of sp³-hybridized carbons (Fsp3) is 0.375. The highest BCUT2D eigenvalue weighted by Crippen LogP contribution is 1.98. The highest BCUT2D eigenvalue weighted by molar-refractivity contribution is 5.88. The molecule has 0 saturated carbocycles. The Hall–Kier alpha value is -1.54. The van der Waals surface area contributed by atoms with Gasteiger partial charge in [0.05, 0.1) is 6.61 Å². The number of esters is 2. The van der Waals surface area contributed by atoms with Crippen LogP contribution in [0.15, 0.2) is 18.1 Å². The van der Waals surface area contributed by atoms with E-state index in [2.05, 4.69) is 21.8 Å². The van der Waals surface area contributed by atoms with Gasteiger partial charge in [-0.1, -0.05) is 12.3 Å². The molecule has 12 heavy (non-hydrogen) atoms. The Morgan fingerprint density at radius 1 is 1.50 bits per heavy atom. The van der Waals surface area contributed by atoms with Crippen LogP contribution in [0.5, 0.6) is 0 Å². The smallest absolute Gasteiger partial charge is 0.382 e. The molecule has 0 unspecified atom stereocenters. The minimum absolute atomic E-state index is 0.214. The second kappa shape index (κ2) is 5.16. The third kappa shape index (κ3) is 3.58. The van der Waals surface area contributed by atoms with Gasteiger partial charge in [-0.2, -0.15) is 0 Å². The van der Waals surface area contributed by atoms with Crippen LogP contribution in [0.3, 0.4) is 0 Å². The van der Waals surface area contributed by atoms with Gasteiger partial charge in [0, 0.05) is 6.92 Å². The third-order valence-electron chi connectivity index (χ3n) is 0.867. The highest BCUT2D eigenvalue weighted by atomic mass is 16.6. The number of hydrogen-bond donors (Lipinski definition) is 0. The monoisotopic (exact) mass is 170 g/mol. The zero-order chi connectivity index (χ0) is 9.56. The van der Waals surface area contributed by atoms with E-state index in [0.29, 0.717) is 0 Å². The molecule has 0 aliphatic rings. The van der Waals surface area contributed by atoms with Crippen LogP contribution >= 0.6 is 0 Å². The Labute approximate surface area is 70.5 Å². The maximum Gasteiger partial charge on any atom is 0.382 e. The van der Waals surface area contributed by atoms with E-state index in [-0.39, 0.29) is 12.4 Å². The molecule has 4 heteroatoms. The molecule has 0 atom stereocenters. The van der Waals surface area contributed by atoms with Gasteiger partial charge in [-0.05, 0) is 6.92 Å². The molecule has 0 spiro atoms. The lowest BCUT2D eigenvalue weighted by Gasteiger charge is -2.02. The molecule has 0 aromatic rings. The Balaban J connectivity index is 4.27. The molecule has 0 N–H and O–H groups in total.